The topological polar surface area (TPSA) is 41.6 Å². The van der Waals surface area contributed by atoms with Crippen molar-refractivity contribution in [1.82, 2.24) is 10.2 Å². The van der Waals surface area contributed by atoms with Crippen LogP contribution >= 0.6 is 0 Å². The fourth-order valence-electron chi connectivity index (χ4n) is 3.31. The van der Waals surface area contributed by atoms with Crippen LogP contribution in [0.1, 0.15) is 74.1 Å². The van der Waals surface area contributed by atoms with Gasteiger partial charge in [0, 0.05) is 25.2 Å². The number of nitrogens with zero attached hydrogens (tertiary/aromatic N) is 1. The van der Waals surface area contributed by atoms with Crippen LogP contribution in [0.2, 0.25) is 0 Å². The van der Waals surface area contributed by atoms with Gasteiger partial charge in [0.25, 0.3) is 0 Å². The first-order valence-electron chi connectivity index (χ1n) is 9.30. The van der Waals surface area contributed by atoms with Crippen molar-refractivity contribution in [2.45, 2.75) is 91.8 Å². The molecule has 1 aliphatic rings. The molecule has 0 aromatic rings. The zero-order valence-electron chi connectivity index (χ0n) is 16.3. The number of hydrogen-bond acceptors (Lipinski definition) is 3. The number of carbonyl (C=O) groups excluding carboxylic acids is 1. The Morgan fingerprint density at radius 2 is 1.74 bits per heavy atom. The summed E-state index contributed by atoms with van der Waals surface area (Å²) in [5.41, 5.74) is -0.421. The molecule has 23 heavy (non-hydrogen) atoms. The largest absolute Gasteiger partial charge is 0.444 e. The second-order valence-corrected chi connectivity index (χ2v) is 8.89. The summed E-state index contributed by atoms with van der Waals surface area (Å²) >= 11 is 0. The Morgan fingerprint density at radius 1 is 1.17 bits per heavy atom. The molecular weight excluding hydrogens is 288 g/mol. The van der Waals surface area contributed by atoms with Gasteiger partial charge >= 0.3 is 6.09 Å². The highest BCUT2D eigenvalue weighted by Gasteiger charge is 2.28. The van der Waals surface area contributed by atoms with Crippen LogP contribution < -0.4 is 5.32 Å². The maximum Gasteiger partial charge on any atom is 0.410 e. The van der Waals surface area contributed by atoms with E-state index in [1.165, 1.54) is 12.8 Å². The number of rotatable bonds is 6. The number of likely N-dealkylation sites (tertiary alicyclic amines) is 1. The summed E-state index contributed by atoms with van der Waals surface area (Å²) in [5.74, 6) is 1.38. The second-order valence-electron chi connectivity index (χ2n) is 8.89. The Balaban J connectivity index is 2.57. The van der Waals surface area contributed by atoms with Crippen LogP contribution in [0.5, 0.6) is 0 Å². The van der Waals surface area contributed by atoms with Gasteiger partial charge in [-0.3, -0.25) is 0 Å². The van der Waals surface area contributed by atoms with Crippen molar-refractivity contribution < 1.29 is 9.53 Å². The lowest BCUT2D eigenvalue weighted by molar-refractivity contribution is 0.0180. The molecule has 0 aromatic carbocycles. The molecule has 0 aliphatic carbocycles. The number of amides is 1. The Hall–Kier alpha value is -0.770. The zero-order valence-corrected chi connectivity index (χ0v) is 16.3. The van der Waals surface area contributed by atoms with E-state index in [1.54, 1.807) is 0 Å². The number of ether oxygens (including phenoxy) is 1. The molecule has 4 heteroatoms. The van der Waals surface area contributed by atoms with E-state index in [-0.39, 0.29) is 6.09 Å². The average molecular weight is 327 g/mol. The second kappa shape index (κ2) is 8.91. The van der Waals surface area contributed by atoms with Crippen molar-refractivity contribution in [3.05, 3.63) is 0 Å². The maximum absolute atomic E-state index is 12.3. The molecule has 0 bridgehead atoms. The molecule has 136 valence electrons. The van der Waals surface area contributed by atoms with Gasteiger partial charge in [0.15, 0.2) is 0 Å². The van der Waals surface area contributed by atoms with E-state index in [0.717, 1.165) is 25.9 Å². The molecule has 0 radical (unpaired) electrons. The summed E-state index contributed by atoms with van der Waals surface area (Å²) in [6, 6.07) is 0.928. The third-order valence-corrected chi connectivity index (χ3v) is 4.06. The predicted molar refractivity (Wildman–Crippen MR) is 96.7 cm³/mol. The van der Waals surface area contributed by atoms with Gasteiger partial charge in [0.1, 0.15) is 5.60 Å². The molecule has 0 spiro atoms. The van der Waals surface area contributed by atoms with Crippen LogP contribution in [0.3, 0.4) is 0 Å². The summed E-state index contributed by atoms with van der Waals surface area (Å²) in [6.45, 7) is 16.5. The lowest BCUT2D eigenvalue weighted by atomic mass is 9.94. The summed E-state index contributed by atoms with van der Waals surface area (Å²) in [5, 5.41) is 3.82. The number of hydrogen-bond donors (Lipinski definition) is 1. The minimum atomic E-state index is -0.421. The number of carbonyl (C=O) groups is 1. The fourth-order valence-corrected chi connectivity index (χ4v) is 3.31. The summed E-state index contributed by atoms with van der Waals surface area (Å²) in [7, 11) is 0. The van der Waals surface area contributed by atoms with Gasteiger partial charge in [-0.15, -0.1) is 0 Å². The first-order chi connectivity index (χ1) is 10.6. The van der Waals surface area contributed by atoms with E-state index in [9.17, 15) is 4.79 Å². The van der Waals surface area contributed by atoms with Crippen LogP contribution in [0, 0.1) is 11.8 Å². The van der Waals surface area contributed by atoms with Gasteiger partial charge in [-0.2, -0.15) is 0 Å². The van der Waals surface area contributed by atoms with E-state index < -0.39 is 5.60 Å². The normalized spacial score (nSPS) is 19.7. The van der Waals surface area contributed by atoms with Gasteiger partial charge in [0.2, 0.25) is 0 Å². The average Bonchev–Trinajstić information content (AvgIpc) is 2.35. The molecule has 1 amide bonds. The molecule has 1 aliphatic heterocycles. The van der Waals surface area contributed by atoms with E-state index >= 15 is 0 Å². The molecule has 1 rings (SSSR count). The highest BCUT2D eigenvalue weighted by molar-refractivity contribution is 5.68. The van der Waals surface area contributed by atoms with Crippen LogP contribution in [0.15, 0.2) is 0 Å². The molecule has 1 saturated heterocycles. The molecule has 0 saturated carbocycles. The standard InChI is InChI=1S/C19H38N2O2/c1-14(2)11-17(12-15(3)4)20-16-9-8-10-21(13-16)18(22)23-19(5,6)7/h14-17,20H,8-13H2,1-7H3. The smallest absolute Gasteiger partial charge is 0.410 e. The van der Waals surface area contributed by atoms with Gasteiger partial charge in [-0.1, -0.05) is 27.7 Å². The highest BCUT2D eigenvalue weighted by Crippen LogP contribution is 2.19. The van der Waals surface area contributed by atoms with E-state index in [4.69, 9.17) is 4.74 Å². The lowest BCUT2D eigenvalue weighted by Gasteiger charge is -2.37. The van der Waals surface area contributed by atoms with Crippen molar-refractivity contribution in [3.63, 3.8) is 0 Å². The molecule has 1 N–H and O–H groups in total. The summed E-state index contributed by atoms with van der Waals surface area (Å²) in [6.07, 6.45) is 4.41. The van der Waals surface area contributed by atoms with Crippen molar-refractivity contribution in [3.8, 4) is 0 Å². The SMILES string of the molecule is CC(C)CC(CC(C)C)NC1CCCN(C(=O)OC(C)(C)C)C1. The predicted octanol–water partition coefficient (Wildman–Crippen LogP) is 4.44. The van der Waals surface area contributed by atoms with Crippen LogP contribution in [-0.2, 0) is 4.74 Å². The Morgan fingerprint density at radius 3 is 2.22 bits per heavy atom. The first kappa shape index (κ1) is 20.3. The van der Waals surface area contributed by atoms with E-state index in [2.05, 4.69) is 33.0 Å². The monoisotopic (exact) mass is 326 g/mol. The Labute approximate surface area is 143 Å². The molecule has 1 unspecified atom stereocenters. The molecule has 1 heterocycles. The van der Waals surface area contributed by atoms with Crippen LogP contribution in [0.25, 0.3) is 0 Å². The minimum Gasteiger partial charge on any atom is -0.444 e. The van der Waals surface area contributed by atoms with Crippen molar-refractivity contribution in [2.24, 2.45) is 11.8 Å². The van der Waals surface area contributed by atoms with Crippen LogP contribution in [0.4, 0.5) is 4.79 Å². The first-order valence-corrected chi connectivity index (χ1v) is 9.30. The quantitative estimate of drug-likeness (QED) is 0.785. The molecule has 4 nitrogen and oxygen atoms in total. The van der Waals surface area contributed by atoms with Crippen LogP contribution in [-0.4, -0.2) is 41.8 Å². The van der Waals surface area contributed by atoms with Gasteiger partial charge in [0.05, 0.1) is 0 Å². The zero-order chi connectivity index (χ0) is 17.6. The minimum absolute atomic E-state index is 0.173. The van der Waals surface area contributed by atoms with Gasteiger partial charge < -0.3 is 15.0 Å². The Bertz CT molecular complexity index is 351. The van der Waals surface area contributed by atoms with Gasteiger partial charge in [-0.05, 0) is 58.3 Å². The Kier molecular flexibility index (Phi) is 7.85. The summed E-state index contributed by atoms with van der Waals surface area (Å²) in [4.78, 5) is 14.1. The lowest BCUT2D eigenvalue weighted by Crippen LogP contribution is -2.52. The molecular formula is C19H38N2O2. The maximum atomic E-state index is 12.3. The molecule has 1 fully saturated rings. The number of nitrogens with one attached hydrogen (secondary N) is 1. The third-order valence-electron chi connectivity index (χ3n) is 4.06. The van der Waals surface area contributed by atoms with Crippen molar-refractivity contribution in [2.75, 3.05) is 13.1 Å². The van der Waals surface area contributed by atoms with E-state index in [0.29, 0.717) is 23.9 Å². The number of piperidine rings is 1. The fraction of sp³-hybridized carbons (Fsp3) is 0.947. The van der Waals surface area contributed by atoms with Crippen molar-refractivity contribution >= 4 is 6.09 Å². The van der Waals surface area contributed by atoms with E-state index in [1.807, 2.05) is 25.7 Å². The molecule has 1 atom stereocenters. The van der Waals surface area contributed by atoms with Gasteiger partial charge in [-0.25, -0.2) is 4.79 Å². The molecule has 0 aromatic heterocycles. The highest BCUT2D eigenvalue weighted by atomic mass is 16.6. The third kappa shape index (κ3) is 8.59. The summed E-state index contributed by atoms with van der Waals surface area (Å²) < 4.78 is 5.52. The van der Waals surface area contributed by atoms with Crippen molar-refractivity contribution in [1.29, 1.82) is 0 Å².